The molecule has 0 radical (unpaired) electrons. The van der Waals surface area contributed by atoms with Gasteiger partial charge in [-0.15, -0.1) is 0 Å². The van der Waals surface area contributed by atoms with E-state index in [9.17, 15) is 5.11 Å². The lowest BCUT2D eigenvalue weighted by atomic mass is 10.0. The van der Waals surface area contributed by atoms with Crippen LogP contribution in [-0.2, 0) is 0 Å². The number of rotatable bonds is 0. The summed E-state index contributed by atoms with van der Waals surface area (Å²) in [6.45, 7) is 2.11. The van der Waals surface area contributed by atoms with Gasteiger partial charge in [0.05, 0.1) is 5.76 Å². The molecule has 18 heavy (non-hydrogen) atoms. The molecule has 0 heterocycles. The monoisotopic (exact) mass is 252 g/mol. The molecule has 1 nitrogen and oxygen atoms in total. The Bertz CT molecular complexity index is 206. The fraction of sp³-hybridized carbons (Fsp3) is 0.882. The molecule has 0 aromatic carbocycles. The lowest BCUT2D eigenvalue weighted by Gasteiger charge is -2.08. The van der Waals surface area contributed by atoms with Crippen LogP contribution >= 0.6 is 0 Å². The normalized spacial score (nSPS) is 26.9. The summed E-state index contributed by atoms with van der Waals surface area (Å²) in [7, 11) is 0. The average Bonchev–Trinajstić information content (AvgIpc) is 2.37. The van der Waals surface area contributed by atoms with Crippen molar-refractivity contribution in [2.75, 3.05) is 0 Å². The standard InChI is InChI=1S/C17H32O/c1-16-14-12-10-8-6-4-2-3-5-7-9-11-13-15-17(16)18/h18H,2-15H2,1H3/b17-16+. The maximum Gasteiger partial charge on any atom is 0.0911 e. The fourth-order valence-electron chi connectivity index (χ4n) is 2.81. The highest BCUT2D eigenvalue weighted by molar-refractivity contribution is 5.04. The van der Waals surface area contributed by atoms with Gasteiger partial charge in [0.2, 0.25) is 0 Å². The van der Waals surface area contributed by atoms with Gasteiger partial charge in [0.25, 0.3) is 0 Å². The molecule has 106 valence electrons. The molecule has 1 heteroatoms. The molecule has 0 atom stereocenters. The van der Waals surface area contributed by atoms with E-state index >= 15 is 0 Å². The van der Waals surface area contributed by atoms with Crippen molar-refractivity contribution < 1.29 is 5.11 Å². The number of aliphatic hydroxyl groups is 1. The Balaban J connectivity index is 2.29. The predicted molar refractivity (Wildman–Crippen MR) is 80.0 cm³/mol. The van der Waals surface area contributed by atoms with Gasteiger partial charge in [-0.25, -0.2) is 0 Å². The van der Waals surface area contributed by atoms with Gasteiger partial charge in [0, 0.05) is 6.42 Å². The van der Waals surface area contributed by atoms with E-state index in [1.54, 1.807) is 0 Å². The highest BCUT2D eigenvalue weighted by atomic mass is 16.3. The zero-order valence-electron chi connectivity index (χ0n) is 12.3. The first-order valence-electron chi connectivity index (χ1n) is 8.18. The summed E-state index contributed by atoms with van der Waals surface area (Å²) >= 11 is 0. The molecule has 1 aliphatic carbocycles. The molecule has 0 aliphatic heterocycles. The van der Waals surface area contributed by atoms with Gasteiger partial charge >= 0.3 is 0 Å². The highest BCUT2D eigenvalue weighted by Crippen LogP contribution is 2.19. The van der Waals surface area contributed by atoms with Crippen LogP contribution in [0.5, 0.6) is 0 Å². The third-order valence-corrected chi connectivity index (χ3v) is 4.21. The maximum absolute atomic E-state index is 9.97. The molecule has 1 N–H and O–H groups in total. The molecule has 1 rings (SSSR count). The van der Waals surface area contributed by atoms with E-state index in [0.29, 0.717) is 5.76 Å². The van der Waals surface area contributed by atoms with Crippen molar-refractivity contribution in [2.45, 2.75) is 96.8 Å². The molecule has 0 aromatic heterocycles. The minimum atomic E-state index is 0.682. The Hall–Kier alpha value is -0.460. The lowest BCUT2D eigenvalue weighted by Crippen LogP contribution is -1.91. The van der Waals surface area contributed by atoms with Crippen LogP contribution in [0.15, 0.2) is 11.3 Å². The van der Waals surface area contributed by atoms with Crippen LogP contribution in [0.3, 0.4) is 0 Å². The summed E-state index contributed by atoms with van der Waals surface area (Å²) in [5.74, 6) is 0.682. The van der Waals surface area contributed by atoms with Crippen molar-refractivity contribution in [3.8, 4) is 0 Å². The number of hydrogen-bond donors (Lipinski definition) is 1. The van der Waals surface area contributed by atoms with Crippen molar-refractivity contribution in [3.63, 3.8) is 0 Å². The van der Waals surface area contributed by atoms with Gasteiger partial charge in [-0.2, -0.15) is 0 Å². The van der Waals surface area contributed by atoms with Crippen molar-refractivity contribution in [1.82, 2.24) is 0 Å². The first-order valence-corrected chi connectivity index (χ1v) is 8.18. The van der Waals surface area contributed by atoms with E-state index in [1.165, 1.54) is 82.6 Å². The van der Waals surface area contributed by atoms with Crippen molar-refractivity contribution in [3.05, 3.63) is 11.3 Å². The van der Waals surface area contributed by atoms with Crippen LogP contribution in [0.25, 0.3) is 0 Å². The molecule has 0 spiro atoms. The van der Waals surface area contributed by atoms with Crippen LogP contribution in [0.2, 0.25) is 0 Å². The summed E-state index contributed by atoms with van der Waals surface area (Å²) in [5, 5.41) is 9.97. The van der Waals surface area contributed by atoms with Gasteiger partial charge in [-0.3, -0.25) is 0 Å². The molecule has 1 aliphatic rings. The predicted octanol–water partition coefficient (Wildman–Crippen LogP) is 6.29. The quantitative estimate of drug-likeness (QED) is 0.537. The first-order chi connectivity index (χ1) is 8.80. The third kappa shape index (κ3) is 7.79. The van der Waals surface area contributed by atoms with E-state index < -0.39 is 0 Å². The van der Waals surface area contributed by atoms with Gasteiger partial charge in [0.15, 0.2) is 0 Å². The second-order valence-electron chi connectivity index (χ2n) is 5.97. The van der Waals surface area contributed by atoms with Gasteiger partial charge in [-0.1, -0.05) is 64.2 Å². The van der Waals surface area contributed by atoms with Crippen LogP contribution in [0.1, 0.15) is 96.8 Å². The Labute approximate surface area is 114 Å². The molecule has 0 bridgehead atoms. The van der Waals surface area contributed by atoms with Crippen LogP contribution in [0.4, 0.5) is 0 Å². The summed E-state index contributed by atoms with van der Waals surface area (Å²) < 4.78 is 0. The average molecular weight is 252 g/mol. The number of hydrogen-bond acceptors (Lipinski definition) is 1. The van der Waals surface area contributed by atoms with Crippen molar-refractivity contribution >= 4 is 0 Å². The van der Waals surface area contributed by atoms with Crippen LogP contribution in [0, 0.1) is 0 Å². The topological polar surface area (TPSA) is 20.2 Å². The largest absolute Gasteiger partial charge is 0.512 e. The number of allylic oxidation sites excluding steroid dienone is 2. The van der Waals surface area contributed by atoms with Gasteiger partial charge < -0.3 is 5.11 Å². The van der Waals surface area contributed by atoms with E-state index in [2.05, 4.69) is 6.92 Å². The SMILES string of the molecule is C/C1=C(\O)CCCCCCCCCCCCCC1. The Morgan fingerprint density at radius 3 is 1.33 bits per heavy atom. The van der Waals surface area contributed by atoms with E-state index in [-0.39, 0.29) is 0 Å². The zero-order chi connectivity index (χ0) is 13.1. The molecule has 0 saturated heterocycles. The van der Waals surface area contributed by atoms with Gasteiger partial charge in [-0.05, 0) is 31.8 Å². The van der Waals surface area contributed by atoms with E-state index in [4.69, 9.17) is 0 Å². The minimum absolute atomic E-state index is 0.682. The van der Waals surface area contributed by atoms with E-state index in [1.807, 2.05) is 0 Å². The smallest absolute Gasteiger partial charge is 0.0911 e. The van der Waals surface area contributed by atoms with E-state index in [0.717, 1.165) is 12.8 Å². The van der Waals surface area contributed by atoms with Crippen LogP contribution < -0.4 is 0 Å². The van der Waals surface area contributed by atoms with Gasteiger partial charge in [0.1, 0.15) is 0 Å². The fourth-order valence-corrected chi connectivity index (χ4v) is 2.81. The van der Waals surface area contributed by atoms with Crippen molar-refractivity contribution in [2.24, 2.45) is 0 Å². The zero-order valence-corrected chi connectivity index (χ0v) is 12.3. The molecule has 0 unspecified atom stereocenters. The molecular weight excluding hydrogens is 220 g/mol. The summed E-state index contributed by atoms with van der Waals surface area (Å²) in [4.78, 5) is 0. The van der Waals surface area contributed by atoms with Crippen LogP contribution in [-0.4, -0.2) is 5.11 Å². The first kappa shape index (κ1) is 15.6. The summed E-state index contributed by atoms with van der Waals surface area (Å²) in [6.07, 6.45) is 18.3. The summed E-state index contributed by atoms with van der Waals surface area (Å²) in [6, 6.07) is 0. The third-order valence-electron chi connectivity index (χ3n) is 4.21. The Morgan fingerprint density at radius 2 is 0.889 bits per heavy atom. The lowest BCUT2D eigenvalue weighted by molar-refractivity contribution is 0.369. The minimum Gasteiger partial charge on any atom is -0.512 e. The summed E-state index contributed by atoms with van der Waals surface area (Å²) in [5.41, 5.74) is 1.24. The molecular formula is C17H32O. The molecule has 0 amide bonds. The maximum atomic E-state index is 9.97. The highest BCUT2D eigenvalue weighted by Gasteiger charge is 2.02. The molecule has 0 saturated carbocycles. The Morgan fingerprint density at radius 1 is 0.556 bits per heavy atom. The Kier molecular flexibility index (Phi) is 9.06. The number of aliphatic hydroxyl groups excluding tert-OH is 1. The van der Waals surface area contributed by atoms with Crippen molar-refractivity contribution in [1.29, 1.82) is 0 Å². The second kappa shape index (κ2) is 10.5. The second-order valence-corrected chi connectivity index (χ2v) is 5.97. The molecule has 0 aromatic rings. The molecule has 0 fully saturated rings.